The molecule has 13 heavy (non-hydrogen) atoms. The predicted octanol–water partition coefficient (Wildman–Crippen LogP) is 1.48. The van der Waals surface area contributed by atoms with Crippen molar-refractivity contribution in [1.82, 2.24) is 10.2 Å². The molecule has 1 saturated heterocycles. The Morgan fingerprint density at radius 3 is 2.62 bits per heavy atom. The first-order valence-corrected chi connectivity index (χ1v) is 6.11. The summed E-state index contributed by atoms with van der Waals surface area (Å²) in [7, 11) is 0. The van der Waals surface area contributed by atoms with Gasteiger partial charge in [-0.05, 0) is 12.8 Å². The third kappa shape index (κ3) is 2.39. The van der Waals surface area contributed by atoms with Gasteiger partial charge in [-0.2, -0.15) is 12.6 Å². The molecule has 0 bridgehead atoms. The van der Waals surface area contributed by atoms with E-state index in [9.17, 15) is 0 Å². The fourth-order valence-electron chi connectivity index (χ4n) is 2.51. The molecule has 76 valence electrons. The first-order chi connectivity index (χ1) is 6.40. The lowest BCUT2D eigenvalue weighted by Gasteiger charge is -2.30. The first kappa shape index (κ1) is 9.81. The second-order valence-electron chi connectivity index (χ2n) is 4.30. The van der Waals surface area contributed by atoms with E-state index in [1.807, 2.05) is 0 Å². The highest BCUT2D eigenvalue weighted by Crippen LogP contribution is 2.23. The number of nitrogens with zero attached hydrogens (tertiary/aromatic N) is 1. The molecule has 1 aliphatic carbocycles. The van der Waals surface area contributed by atoms with Gasteiger partial charge in [-0.1, -0.05) is 19.3 Å². The molecule has 1 unspecified atom stereocenters. The zero-order chi connectivity index (χ0) is 9.10. The van der Waals surface area contributed by atoms with Gasteiger partial charge in [0.2, 0.25) is 0 Å². The van der Waals surface area contributed by atoms with Gasteiger partial charge in [-0.25, -0.2) is 0 Å². The Bertz CT molecular complexity index is 157. The monoisotopic (exact) mass is 200 g/mol. The Morgan fingerprint density at radius 1 is 1.23 bits per heavy atom. The summed E-state index contributed by atoms with van der Waals surface area (Å²) in [6.45, 7) is 2.31. The van der Waals surface area contributed by atoms with E-state index >= 15 is 0 Å². The number of rotatable bonds is 2. The first-order valence-electron chi connectivity index (χ1n) is 5.48. The fourth-order valence-corrected chi connectivity index (χ4v) is 2.75. The maximum atomic E-state index is 4.33. The van der Waals surface area contributed by atoms with Gasteiger partial charge in [-0.3, -0.25) is 10.2 Å². The van der Waals surface area contributed by atoms with Crippen LogP contribution in [0.2, 0.25) is 0 Å². The molecule has 2 aliphatic rings. The van der Waals surface area contributed by atoms with Crippen LogP contribution in [-0.2, 0) is 0 Å². The van der Waals surface area contributed by atoms with E-state index in [-0.39, 0.29) is 0 Å². The van der Waals surface area contributed by atoms with Gasteiger partial charge < -0.3 is 0 Å². The number of thiol groups is 1. The highest BCUT2D eigenvalue weighted by molar-refractivity contribution is 7.80. The van der Waals surface area contributed by atoms with Crippen LogP contribution in [0.15, 0.2) is 0 Å². The van der Waals surface area contributed by atoms with Gasteiger partial charge in [0, 0.05) is 31.0 Å². The predicted molar refractivity (Wildman–Crippen MR) is 59.2 cm³/mol. The molecule has 3 heteroatoms. The van der Waals surface area contributed by atoms with Crippen LogP contribution in [-0.4, -0.2) is 35.9 Å². The molecule has 2 nitrogen and oxygen atoms in total. The smallest absolute Gasteiger partial charge is 0.0486 e. The quantitative estimate of drug-likeness (QED) is 0.657. The van der Waals surface area contributed by atoms with E-state index in [2.05, 4.69) is 22.8 Å². The minimum absolute atomic E-state index is 0.630. The summed E-state index contributed by atoms with van der Waals surface area (Å²) in [5, 5.41) is 3.50. The summed E-state index contributed by atoms with van der Waals surface area (Å²) in [6, 6.07) is 1.50. The van der Waals surface area contributed by atoms with E-state index in [0.717, 1.165) is 18.5 Å². The average molecular weight is 200 g/mol. The molecule has 0 amide bonds. The van der Waals surface area contributed by atoms with E-state index in [0.29, 0.717) is 6.04 Å². The maximum absolute atomic E-state index is 4.33. The largest absolute Gasteiger partial charge is 0.299 e. The minimum atomic E-state index is 0.630. The van der Waals surface area contributed by atoms with Crippen LogP contribution in [0, 0.1) is 0 Å². The van der Waals surface area contributed by atoms with E-state index in [4.69, 9.17) is 0 Å². The summed E-state index contributed by atoms with van der Waals surface area (Å²) < 4.78 is 0. The van der Waals surface area contributed by atoms with Gasteiger partial charge in [0.25, 0.3) is 0 Å². The topological polar surface area (TPSA) is 15.3 Å². The van der Waals surface area contributed by atoms with Crippen molar-refractivity contribution in [3.8, 4) is 0 Å². The average Bonchev–Trinajstić information content (AvgIpc) is 2.67. The second-order valence-corrected chi connectivity index (χ2v) is 4.67. The molecule has 1 heterocycles. The number of hydrogen-bond donors (Lipinski definition) is 2. The lowest BCUT2D eigenvalue weighted by Crippen LogP contribution is -2.35. The second kappa shape index (κ2) is 4.67. The van der Waals surface area contributed by atoms with Crippen LogP contribution in [0.4, 0.5) is 0 Å². The van der Waals surface area contributed by atoms with Crippen molar-refractivity contribution in [3.63, 3.8) is 0 Å². The van der Waals surface area contributed by atoms with E-state index in [1.165, 1.54) is 38.6 Å². The van der Waals surface area contributed by atoms with Crippen LogP contribution in [0.1, 0.15) is 32.1 Å². The van der Waals surface area contributed by atoms with Crippen molar-refractivity contribution in [2.24, 2.45) is 0 Å². The highest BCUT2D eigenvalue weighted by Gasteiger charge is 2.27. The summed E-state index contributed by atoms with van der Waals surface area (Å²) >= 11 is 4.33. The van der Waals surface area contributed by atoms with Gasteiger partial charge >= 0.3 is 0 Å². The third-order valence-electron chi connectivity index (χ3n) is 3.35. The zero-order valence-corrected chi connectivity index (χ0v) is 9.10. The number of nitrogens with one attached hydrogen (secondary N) is 1. The van der Waals surface area contributed by atoms with Crippen LogP contribution in [0.25, 0.3) is 0 Å². The maximum Gasteiger partial charge on any atom is 0.0486 e. The normalized spacial score (nSPS) is 32.5. The SMILES string of the molecule is SCC1CN(C2CCCCC2)CN1. The lowest BCUT2D eigenvalue weighted by atomic mass is 9.94. The Morgan fingerprint density at radius 2 is 2.00 bits per heavy atom. The van der Waals surface area contributed by atoms with Crippen LogP contribution in [0.3, 0.4) is 0 Å². The summed E-state index contributed by atoms with van der Waals surface area (Å²) in [6.07, 6.45) is 7.16. The Balaban J connectivity index is 1.80. The van der Waals surface area contributed by atoms with Crippen molar-refractivity contribution in [3.05, 3.63) is 0 Å². The molecule has 1 saturated carbocycles. The summed E-state index contributed by atoms with van der Waals surface area (Å²) in [4.78, 5) is 2.61. The third-order valence-corrected chi connectivity index (χ3v) is 3.79. The van der Waals surface area contributed by atoms with Gasteiger partial charge in [0.15, 0.2) is 0 Å². The fraction of sp³-hybridized carbons (Fsp3) is 1.00. The van der Waals surface area contributed by atoms with Crippen LogP contribution < -0.4 is 5.32 Å². The van der Waals surface area contributed by atoms with Crippen molar-refractivity contribution in [2.75, 3.05) is 19.0 Å². The molecule has 0 radical (unpaired) electrons. The van der Waals surface area contributed by atoms with Crippen molar-refractivity contribution < 1.29 is 0 Å². The Labute approximate surface area is 86.5 Å². The van der Waals surface area contributed by atoms with Crippen molar-refractivity contribution in [2.45, 2.75) is 44.2 Å². The van der Waals surface area contributed by atoms with E-state index < -0.39 is 0 Å². The molecule has 1 atom stereocenters. The van der Waals surface area contributed by atoms with Gasteiger partial charge in [-0.15, -0.1) is 0 Å². The molecule has 1 aliphatic heterocycles. The summed E-state index contributed by atoms with van der Waals surface area (Å²) in [5.74, 6) is 0.975. The highest BCUT2D eigenvalue weighted by atomic mass is 32.1. The number of hydrogen-bond acceptors (Lipinski definition) is 3. The van der Waals surface area contributed by atoms with Gasteiger partial charge in [0.05, 0.1) is 0 Å². The molecular formula is C10H20N2S. The standard InChI is InChI=1S/C10H20N2S/c13-7-9-6-12(8-11-9)10-4-2-1-3-5-10/h9-11,13H,1-8H2. The van der Waals surface area contributed by atoms with Crippen molar-refractivity contribution in [1.29, 1.82) is 0 Å². The molecule has 1 N–H and O–H groups in total. The Hall–Kier alpha value is 0.270. The molecule has 0 aromatic rings. The molecule has 2 fully saturated rings. The lowest BCUT2D eigenvalue weighted by molar-refractivity contribution is 0.187. The van der Waals surface area contributed by atoms with Crippen molar-refractivity contribution >= 4 is 12.6 Å². The van der Waals surface area contributed by atoms with Crippen LogP contribution in [0.5, 0.6) is 0 Å². The molecule has 0 spiro atoms. The molecule has 2 rings (SSSR count). The summed E-state index contributed by atoms with van der Waals surface area (Å²) in [5.41, 5.74) is 0. The van der Waals surface area contributed by atoms with E-state index in [1.54, 1.807) is 0 Å². The minimum Gasteiger partial charge on any atom is -0.299 e. The molecule has 0 aromatic carbocycles. The van der Waals surface area contributed by atoms with Crippen LogP contribution >= 0.6 is 12.6 Å². The molecular weight excluding hydrogens is 180 g/mol. The Kier molecular flexibility index (Phi) is 3.52. The van der Waals surface area contributed by atoms with Gasteiger partial charge in [0.1, 0.15) is 0 Å². The zero-order valence-electron chi connectivity index (χ0n) is 8.21. The molecule has 0 aromatic heterocycles.